The maximum atomic E-state index is 12.7. The van der Waals surface area contributed by atoms with Gasteiger partial charge in [-0.25, -0.2) is 4.39 Å². The van der Waals surface area contributed by atoms with Gasteiger partial charge in [0.1, 0.15) is 11.5 Å². The lowest BCUT2D eigenvalue weighted by atomic mass is 10.5. The van der Waals surface area contributed by atoms with Crippen molar-refractivity contribution in [3.05, 3.63) is 30.3 Å². The van der Waals surface area contributed by atoms with E-state index in [-0.39, 0.29) is 5.82 Å². The van der Waals surface area contributed by atoms with E-state index in [1.54, 1.807) is 16.7 Å². The van der Waals surface area contributed by atoms with Gasteiger partial charge in [-0.15, -0.1) is 0 Å². The Bertz CT molecular complexity index is 410. The van der Waals surface area contributed by atoms with Crippen LogP contribution in [0.4, 0.5) is 4.39 Å². The van der Waals surface area contributed by atoms with Crippen LogP contribution >= 0.6 is 0 Å². The molecule has 0 unspecified atom stereocenters. The van der Waals surface area contributed by atoms with Crippen molar-refractivity contribution in [2.75, 3.05) is 7.11 Å². The smallest absolute Gasteiger partial charge is 0.232 e. The van der Waals surface area contributed by atoms with E-state index < -0.39 is 0 Å². The number of hydrogen-bond donors (Lipinski definition) is 0. The van der Waals surface area contributed by atoms with Crippen LogP contribution in [0.25, 0.3) is 5.65 Å². The fraction of sp³-hybridized carbons (Fsp3) is 0.125. The molecule has 4 heteroatoms. The van der Waals surface area contributed by atoms with Crippen LogP contribution in [0.2, 0.25) is 0 Å². The number of fused-ring (bicyclic) bond motifs is 1. The first-order valence-electron chi connectivity index (χ1n) is 3.48. The highest BCUT2D eigenvalue weighted by molar-refractivity contribution is 5.41. The SMILES string of the molecule is COc1cn2cc(F)ccc2n1. The van der Waals surface area contributed by atoms with E-state index in [0.717, 1.165) is 0 Å². The Hall–Kier alpha value is -1.58. The number of imidazole rings is 1. The summed E-state index contributed by atoms with van der Waals surface area (Å²) in [7, 11) is 1.53. The van der Waals surface area contributed by atoms with Gasteiger partial charge in [0.15, 0.2) is 0 Å². The van der Waals surface area contributed by atoms with E-state index in [9.17, 15) is 4.39 Å². The summed E-state index contributed by atoms with van der Waals surface area (Å²) in [6, 6.07) is 2.96. The zero-order valence-corrected chi connectivity index (χ0v) is 6.49. The van der Waals surface area contributed by atoms with E-state index in [1.165, 1.54) is 19.4 Å². The van der Waals surface area contributed by atoms with Gasteiger partial charge in [0, 0.05) is 6.20 Å². The van der Waals surface area contributed by atoms with Crippen molar-refractivity contribution in [3.8, 4) is 5.88 Å². The minimum absolute atomic E-state index is 0.289. The second-order valence-corrected chi connectivity index (χ2v) is 2.40. The number of pyridine rings is 1. The summed E-state index contributed by atoms with van der Waals surface area (Å²) in [5.41, 5.74) is 0.674. The van der Waals surface area contributed by atoms with Crippen LogP contribution in [-0.2, 0) is 0 Å². The molecular formula is C8H7FN2O. The molecule has 2 rings (SSSR count). The molecule has 0 fully saturated rings. The minimum atomic E-state index is -0.289. The third-order valence-corrected chi connectivity index (χ3v) is 1.60. The minimum Gasteiger partial charge on any atom is -0.480 e. The second-order valence-electron chi connectivity index (χ2n) is 2.40. The maximum Gasteiger partial charge on any atom is 0.232 e. The summed E-state index contributed by atoms with van der Waals surface area (Å²) in [5.74, 6) is 0.197. The highest BCUT2D eigenvalue weighted by Gasteiger charge is 2.00. The van der Waals surface area contributed by atoms with Crippen LogP contribution in [0.1, 0.15) is 0 Å². The maximum absolute atomic E-state index is 12.7. The predicted molar refractivity (Wildman–Crippen MR) is 41.7 cm³/mol. The average molecular weight is 166 g/mol. The van der Waals surface area contributed by atoms with Crippen molar-refractivity contribution in [2.24, 2.45) is 0 Å². The summed E-state index contributed by atoms with van der Waals surface area (Å²) < 4.78 is 19.1. The van der Waals surface area contributed by atoms with Crippen molar-refractivity contribution in [3.63, 3.8) is 0 Å². The largest absolute Gasteiger partial charge is 0.480 e. The first-order valence-corrected chi connectivity index (χ1v) is 3.48. The first kappa shape index (κ1) is 7.09. The van der Waals surface area contributed by atoms with Gasteiger partial charge in [-0.05, 0) is 12.1 Å². The van der Waals surface area contributed by atoms with E-state index >= 15 is 0 Å². The lowest BCUT2D eigenvalue weighted by Gasteiger charge is -1.89. The third kappa shape index (κ3) is 1.01. The molecule has 0 spiro atoms. The molecule has 3 nitrogen and oxygen atoms in total. The molecule has 2 heterocycles. The van der Waals surface area contributed by atoms with Crippen molar-refractivity contribution in [1.29, 1.82) is 0 Å². The third-order valence-electron chi connectivity index (χ3n) is 1.60. The summed E-state index contributed by atoms with van der Waals surface area (Å²) in [6.45, 7) is 0. The second kappa shape index (κ2) is 2.48. The Morgan fingerprint density at radius 3 is 3.00 bits per heavy atom. The van der Waals surface area contributed by atoms with Gasteiger partial charge in [-0.2, -0.15) is 4.98 Å². The Kier molecular flexibility index (Phi) is 1.46. The van der Waals surface area contributed by atoms with Gasteiger partial charge in [0.05, 0.1) is 13.3 Å². The van der Waals surface area contributed by atoms with Crippen LogP contribution in [0.5, 0.6) is 5.88 Å². The van der Waals surface area contributed by atoms with Gasteiger partial charge in [-0.3, -0.25) is 0 Å². The lowest BCUT2D eigenvalue weighted by molar-refractivity contribution is 0.400. The molecule has 0 atom stereocenters. The normalized spacial score (nSPS) is 10.5. The molecular weight excluding hydrogens is 159 g/mol. The van der Waals surface area contributed by atoms with Crippen molar-refractivity contribution in [2.45, 2.75) is 0 Å². The highest BCUT2D eigenvalue weighted by atomic mass is 19.1. The molecule has 12 heavy (non-hydrogen) atoms. The zero-order valence-electron chi connectivity index (χ0n) is 6.49. The van der Waals surface area contributed by atoms with Gasteiger partial charge in [-0.1, -0.05) is 0 Å². The molecule has 0 radical (unpaired) electrons. The topological polar surface area (TPSA) is 26.5 Å². The summed E-state index contributed by atoms with van der Waals surface area (Å²) >= 11 is 0. The zero-order chi connectivity index (χ0) is 8.55. The molecule has 0 aromatic carbocycles. The van der Waals surface area contributed by atoms with Crippen LogP contribution < -0.4 is 4.74 Å². The lowest BCUT2D eigenvalue weighted by Crippen LogP contribution is -1.83. The van der Waals surface area contributed by atoms with Crippen LogP contribution in [0, 0.1) is 5.82 Å². The first-order chi connectivity index (χ1) is 5.79. The van der Waals surface area contributed by atoms with E-state index in [1.807, 2.05) is 0 Å². The standard InChI is InChI=1S/C8H7FN2O/c1-12-8-5-11-4-6(9)2-3-7(11)10-8/h2-5H,1H3. The molecule has 0 aliphatic heterocycles. The number of nitrogens with zero attached hydrogens (tertiary/aromatic N) is 2. The van der Waals surface area contributed by atoms with Crippen molar-refractivity contribution < 1.29 is 9.13 Å². The molecule has 2 aromatic rings. The fourth-order valence-electron chi connectivity index (χ4n) is 1.04. The fourth-order valence-corrected chi connectivity index (χ4v) is 1.04. The monoisotopic (exact) mass is 166 g/mol. The van der Waals surface area contributed by atoms with Gasteiger partial charge >= 0.3 is 0 Å². The number of methoxy groups -OCH3 is 1. The van der Waals surface area contributed by atoms with Crippen LogP contribution in [-0.4, -0.2) is 16.5 Å². The molecule has 0 amide bonds. The van der Waals surface area contributed by atoms with Gasteiger partial charge in [0.25, 0.3) is 0 Å². The van der Waals surface area contributed by atoms with E-state index in [0.29, 0.717) is 11.5 Å². The van der Waals surface area contributed by atoms with Crippen LogP contribution in [0.3, 0.4) is 0 Å². The number of ether oxygens (including phenoxy) is 1. The van der Waals surface area contributed by atoms with Gasteiger partial charge < -0.3 is 9.14 Å². The molecule has 0 N–H and O–H groups in total. The van der Waals surface area contributed by atoms with Crippen molar-refractivity contribution >= 4 is 5.65 Å². The molecule has 0 aliphatic carbocycles. The summed E-state index contributed by atoms with van der Waals surface area (Å²) in [6.07, 6.45) is 2.98. The van der Waals surface area contributed by atoms with E-state index in [2.05, 4.69) is 4.98 Å². The highest BCUT2D eigenvalue weighted by Crippen LogP contribution is 2.11. The molecule has 62 valence electrons. The number of aromatic nitrogens is 2. The van der Waals surface area contributed by atoms with Gasteiger partial charge in [0.2, 0.25) is 5.88 Å². The molecule has 0 bridgehead atoms. The van der Waals surface area contributed by atoms with E-state index in [4.69, 9.17) is 4.74 Å². The Labute approximate surface area is 68.4 Å². The summed E-state index contributed by atoms with van der Waals surface area (Å²) in [5, 5.41) is 0. The molecule has 2 aromatic heterocycles. The quantitative estimate of drug-likeness (QED) is 0.641. The number of rotatable bonds is 1. The summed E-state index contributed by atoms with van der Waals surface area (Å²) in [4.78, 5) is 4.05. The Balaban J connectivity index is 2.67. The predicted octanol–water partition coefficient (Wildman–Crippen LogP) is 1.48. The van der Waals surface area contributed by atoms with Crippen molar-refractivity contribution in [1.82, 2.24) is 9.38 Å². The number of halogens is 1. The molecule has 0 saturated carbocycles. The average Bonchev–Trinajstić information content (AvgIpc) is 2.46. The Morgan fingerprint density at radius 2 is 2.25 bits per heavy atom. The number of hydrogen-bond acceptors (Lipinski definition) is 2. The molecule has 0 saturated heterocycles. The molecule has 0 aliphatic rings. The Morgan fingerprint density at radius 1 is 1.42 bits per heavy atom. The van der Waals surface area contributed by atoms with Crippen LogP contribution in [0.15, 0.2) is 24.5 Å².